The molecule has 3 rings (SSSR count). The van der Waals surface area contributed by atoms with Crippen LogP contribution in [0.1, 0.15) is 17.2 Å². The number of hydrogen-bond donors (Lipinski definition) is 1. The largest absolute Gasteiger partial charge is 0.419 e. The fourth-order valence-electron chi connectivity index (χ4n) is 1.95. The van der Waals surface area contributed by atoms with Crippen molar-refractivity contribution in [2.24, 2.45) is 0 Å². The van der Waals surface area contributed by atoms with Crippen molar-refractivity contribution < 1.29 is 13.2 Å². The fraction of sp³-hybridized carbons (Fsp3) is 0.364. The molecule has 0 saturated carbocycles. The second-order valence-electron chi connectivity index (χ2n) is 4.17. The van der Waals surface area contributed by atoms with E-state index in [1.54, 1.807) is 12.4 Å². The molecule has 6 heteroatoms. The summed E-state index contributed by atoms with van der Waals surface area (Å²) >= 11 is 0. The Balaban J connectivity index is 2.14. The zero-order valence-electron chi connectivity index (χ0n) is 8.83. The van der Waals surface area contributed by atoms with Crippen LogP contribution in [0.5, 0.6) is 0 Å². The SMILES string of the molecule is FC(F)(F)c1cccn2cc(C3CNC3)nc12. The van der Waals surface area contributed by atoms with Crippen molar-refractivity contribution in [3.8, 4) is 0 Å². The van der Waals surface area contributed by atoms with E-state index in [0.29, 0.717) is 0 Å². The Labute approximate surface area is 95.3 Å². The van der Waals surface area contributed by atoms with Crippen LogP contribution in [0.4, 0.5) is 13.2 Å². The summed E-state index contributed by atoms with van der Waals surface area (Å²) in [7, 11) is 0. The van der Waals surface area contributed by atoms with Crippen molar-refractivity contribution >= 4 is 5.65 Å². The van der Waals surface area contributed by atoms with Crippen LogP contribution in [-0.4, -0.2) is 22.5 Å². The third kappa shape index (κ3) is 1.68. The molecule has 2 aromatic heterocycles. The molecule has 0 aromatic carbocycles. The van der Waals surface area contributed by atoms with Crippen LogP contribution >= 0.6 is 0 Å². The summed E-state index contributed by atoms with van der Waals surface area (Å²) in [6, 6.07) is 2.45. The molecular weight excluding hydrogens is 231 g/mol. The second-order valence-corrected chi connectivity index (χ2v) is 4.17. The maximum absolute atomic E-state index is 12.8. The average Bonchev–Trinajstić information content (AvgIpc) is 2.55. The second kappa shape index (κ2) is 3.46. The Kier molecular flexibility index (Phi) is 2.16. The molecule has 1 fully saturated rings. The Bertz CT molecular complexity index is 555. The van der Waals surface area contributed by atoms with E-state index in [1.165, 1.54) is 10.5 Å². The maximum atomic E-state index is 12.8. The lowest BCUT2D eigenvalue weighted by molar-refractivity contribution is -0.136. The number of pyridine rings is 1. The van der Waals surface area contributed by atoms with Gasteiger partial charge in [0.2, 0.25) is 0 Å². The van der Waals surface area contributed by atoms with Gasteiger partial charge in [-0.3, -0.25) is 0 Å². The van der Waals surface area contributed by atoms with Crippen LogP contribution in [0.15, 0.2) is 24.5 Å². The standard InChI is InChI=1S/C11H10F3N3/c12-11(13,14)8-2-1-3-17-6-9(16-10(8)17)7-4-15-5-7/h1-3,6-7,15H,4-5H2. The smallest absolute Gasteiger partial charge is 0.315 e. The zero-order chi connectivity index (χ0) is 12.0. The van der Waals surface area contributed by atoms with Crippen molar-refractivity contribution in [1.29, 1.82) is 0 Å². The van der Waals surface area contributed by atoms with E-state index >= 15 is 0 Å². The molecule has 1 saturated heterocycles. The molecule has 2 aromatic rings. The van der Waals surface area contributed by atoms with Gasteiger partial charge in [0.1, 0.15) is 5.65 Å². The molecule has 3 nitrogen and oxygen atoms in total. The first-order valence-corrected chi connectivity index (χ1v) is 5.31. The van der Waals surface area contributed by atoms with Crippen LogP contribution in [0.3, 0.4) is 0 Å². The van der Waals surface area contributed by atoms with Gasteiger partial charge in [0, 0.05) is 31.4 Å². The lowest BCUT2D eigenvalue weighted by atomic mass is 10.0. The summed E-state index contributed by atoms with van der Waals surface area (Å²) in [6.45, 7) is 1.57. The van der Waals surface area contributed by atoms with Gasteiger partial charge in [0.25, 0.3) is 0 Å². The van der Waals surface area contributed by atoms with Crippen LogP contribution in [0, 0.1) is 0 Å². The highest BCUT2D eigenvalue weighted by atomic mass is 19.4. The van der Waals surface area contributed by atoms with Gasteiger partial charge in [-0.2, -0.15) is 13.2 Å². The minimum absolute atomic E-state index is 0.0121. The highest BCUT2D eigenvalue weighted by Crippen LogP contribution is 2.32. The molecule has 90 valence electrons. The number of alkyl halides is 3. The van der Waals surface area contributed by atoms with Gasteiger partial charge in [0.15, 0.2) is 0 Å². The van der Waals surface area contributed by atoms with Crippen LogP contribution in [0.25, 0.3) is 5.65 Å². The Morgan fingerprint density at radius 3 is 2.71 bits per heavy atom. The van der Waals surface area contributed by atoms with Gasteiger partial charge in [-0.25, -0.2) is 4.98 Å². The van der Waals surface area contributed by atoms with E-state index < -0.39 is 11.7 Å². The van der Waals surface area contributed by atoms with Crippen LogP contribution in [-0.2, 0) is 6.18 Å². The molecule has 0 aliphatic carbocycles. The van der Waals surface area contributed by atoms with Gasteiger partial charge < -0.3 is 9.72 Å². The zero-order valence-corrected chi connectivity index (χ0v) is 8.83. The number of halogens is 3. The minimum Gasteiger partial charge on any atom is -0.315 e. The normalized spacial score (nSPS) is 17.4. The summed E-state index contributed by atoms with van der Waals surface area (Å²) in [6.07, 6.45) is -1.09. The highest BCUT2D eigenvalue weighted by Gasteiger charge is 2.34. The maximum Gasteiger partial charge on any atom is 0.419 e. The molecule has 0 bridgehead atoms. The first-order chi connectivity index (χ1) is 8.05. The minimum atomic E-state index is -4.36. The van der Waals surface area contributed by atoms with E-state index in [9.17, 15) is 13.2 Å². The van der Waals surface area contributed by atoms with E-state index in [1.807, 2.05) is 0 Å². The quantitative estimate of drug-likeness (QED) is 0.827. The fourth-order valence-corrected chi connectivity index (χ4v) is 1.95. The number of rotatable bonds is 1. The summed E-state index contributed by atoms with van der Waals surface area (Å²) in [5, 5.41) is 3.08. The third-order valence-electron chi connectivity index (χ3n) is 3.01. The lowest BCUT2D eigenvalue weighted by Crippen LogP contribution is -2.40. The van der Waals surface area contributed by atoms with E-state index in [0.717, 1.165) is 24.8 Å². The summed E-state index contributed by atoms with van der Waals surface area (Å²) in [5.41, 5.74) is 0.0286. The number of nitrogens with one attached hydrogen (secondary N) is 1. The summed E-state index contributed by atoms with van der Waals surface area (Å²) < 4.78 is 39.7. The third-order valence-corrected chi connectivity index (χ3v) is 3.01. The first-order valence-electron chi connectivity index (χ1n) is 5.31. The lowest BCUT2D eigenvalue weighted by Gasteiger charge is -2.24. The van der Waals surface area contributed by atoms with E-state index in [4.69, 9.17) is 0 Å². The molecule has 3 heterocycles. The number of imidazole rings is 1. The van der Waals surface area contributed by atoms with Crippen molar-refractivity contribution in [2.45, 2.75) is 12.1 Å². The molecule has 0 radical (unpaired) electrons. The Morgan fingerprint density at radius 1 is 1.35 bits per heavy atom. The molecular formula is C11H10F3N3. The number of hydrogen-bond acceptors (Lipinski definition) is 2. The van der Waals surface area contributed by atoms with E-state index in [2.05, 4.69) is 10.3 Å². The molecule has 0 spiro atoms. The molecule has 1 aliphatic rings. The van der Waals surface area contributed by atoms with Gasteiger partial charge >= 0.3 is 6.18 Å². The van der Waals surface area contributed by atoms with Gasteiger partial charge in [-0.1, -0.05) is 0 Å². The highest BCUT2D eigenvalue weighted by molar-refractivity contribution is 5.51. The monoisotopic (exact) mass is 241 g/mol. The summed E-state index contributed by atoms with van der Waals surface area (Å²) in [5.74, 6) is 0.232. The summed E-state index contributed by atoms with van der Waals surface area (Å²) in [4.78, 5) is 4.10. The topological polar surface area (TPSA) is 29.3 Å². The predicted molar refractivity (Wildman–Crippen MR) is 55.8 cm³/mol. The van der Waals surface area contributed by atoms with E-state index in [-0.39, 0.29) is 11.6 Å². The molecule has 0 amide bonds. The van der Waals surface area contributed by atoms with Crippen molar-refractivity contribution in [3.05, 3.63) is 35.8 Å². The number of aromatic nitrogens is 2. The number of fused-ring (bicyclic) bond motifs is 1. The Hall–Kier alpha value is -1.56. The van der Waals surface area contributed by atoms with Gasteiger partial charge in [-0.15, -0.1) is 0 Å². The molecule has 17 heavy (non-hydrogen) atoms. The Morgan fingerprint density at radius 2 is 2.12 bits per heavy atom. The van der Waals surface area contributed by atoms with Crippen LogP contribution in [0.2, 0.25) is 0 Å². The van der Waals surface area contributed by atoms with Crippen LogP contribution < -0.4 is 5.32 Å². The number of nitrogens with zero attached hydrogens (tertiary/aromatic N) is 2. The molecule has 1 N–H and O–H groups in total. The van der Waals surface area contributed by atoms with Crippen molar-refractivity contribution in [3.63, 3.8) is 0 Å². The average molecular weight is 241 g/mol. The molecule has 0 atom stereocenters. The van der Waals surface area contributed by atoms with Gasteiger partial charge in [0.05, 0.1) is 11.3 Å². The predicted octanol–water partition coefficient (Wildman–Crippen LogP) is 2.04. The van der Waals surface area contributed by atoms with Crippen molar-refractivity contribution in [1.82, 2.24) is 14.7 Å². The van der Waals surface area contributed by atoms with Crippen molar-refractivity contribution in [2.75, 3.05) is 13.1 Å². The first kappa shape index (κ1) is 10.6. The van der Waals surface area contributed by atoms with Gasteiger partial charge in [-0.05, 0) is 12.1 Å². The molecule has 0 unspecified atom stereocenters. The molecule has 1 aliphatic heterocycles.